The van der Waals surface area contributed by atoms with E-state index in [1.807, 2.05) is 0 Å². The van der Waals surface area contributed by atoms with Crippen LogP contribution in [0.1, 0.15) is 162 Å². The third-order valence-corrected chi connectivity index (χ3v) is 9.96. The molecule has 11 heteroatoms. The zero-order chi connectivity index (χ0) is 36.9. The second-order valence-corrected chi connectivity index (χ2v) is 13.9. The molecule has 2 aromatic rings. The number of hydrogen-bond donors (Lipinski definition) is 0. The van der Waals surface area contributed by atoms with Crippen molar-refractivity contribution in [2.24, 2.45) is 0 Å². The lowest BCUT2D eigenvalue weighted by Gasteiger charge is -2.35. The Morgan fingerprint density at radius 2 is 0.731 bits per heavy atom. The summed E-state index contributed by atoms with van der Waals surface area (Å²) in [6.07, 6.45) is 17.5. The highest BCUT2D eigenvalue weighted by Gasteiger charge is 2.44. The van der Waals surface area contributed by atoms with Crippen LogP contribution in [0.5, 0.6) is 11.5 Å². The van der Waals surface area contributed by atoms with Crippen LogP contribution in [0.3, 0.4) is 0 Å². The monoisotopic (exact) mass is 726 g/mol. The molecule has 4 rings (SSSR count). The van der Waals surface area contributed by atoms with E-state index in [-0.39, 0.29) is 36.8 Å². The zero-order valence-electron chi connectivity index (χ0n) is 31.2. The fraction of sp³-hybridized carbons (Fsp3) is 0.634. The first-order chi connectivity index (χ1) is 25.4. The number of carbonyl (C=O) groups excluding carboxylic acids is 3. The third-order valence-electron chi connectivity index (χ3n) is 9.96. The molecule has 0 bridgehead atoms. The highest BCUT2D eigenvalue weighted by Crippen LogP contribution is 2.35. The average Bonchev–Trinajstić information content (AvgIpc) is 3.15. The lowest BCUT2D eigenvalue weighted by Crippen LogP contribution is -2.44. The summed E-state index contributed by atoms with van der Waals surface area (Å²) < 4.78 is 22.9. The zero-order valence-corrected chi connectivity index (χ0v) is 31.2. The molecule has 0 unspecified atom stereocenters. The van der Waals surface area contributed by atoms with E-state index in [0.717, 1.165) is 77.0 Å². The SMILES string of the molecule is COc1ccccc1C(=O)OOC1(OC(=O)OC2(OOC(=O)c3ccccc3OC)CCCCCCCCCCC2)CCCCCCCCCCC1. The van der Waals surface area contributed by atoms with Crippen LogP contribution < -0.4 is 9.47 Å². The van der Waals surface area contributed by atoms with Gasteiger partial charge in [0.25, 0.3) is 11.6 Å². The van der Waals surface area contributed by atoms with Crippen molar-refractivity contribution in [3.8, 4) is 11.5 Å². The second kappa shape index (κ2) is 22.3. The Hall–Kier alpha value is -3.83. The quantitative estimate of drug-likeness (QED) is 0.100. The van der Waals surface area contributed by atoms with E-state index in [4.69, 9.17) is 38.5 Å². The molecule has 288 valence electrons. The molecule has 2 saturated carbocycles. The molecule has 0 saturated heterocycles. The molecule has 52 heavy (non-hydrogen) atoms. The average molecular weight is 727 g/mol. The van der Waals surface area contributed by atoms with Crippen LogP contribution in [0.25, 0.3) is 0 Å². The van der Waals surface area contributed by atoms with Gasteiger partial charge in [-0.3, -0.25) is 9.78 Å². The van der Waals surface area contributed by atoms with Gasteiger partial charge < -0.3 is 18.9 Å². The summed E-state index contributed by atoms with van der Waals surface area (Å²) in [6, 6.07) is 13.3. The Morgan fingerprint density at radius 1 is 0.442 bits per heavy atom. The number of rotatable bonds is 10. The molecule has 0 heterocycles. The first-order valence-electron chi connectivity index (χ1n) is 19.4. The van der Waals surface area contributed by atoms with E-state index in [0.29, 0.717) is 37.2 Å². The van der Waals surface area contributed by atoms with Gasteiger partial charge >= 0.3 is 18.1 Å². The summed E-state index contributed by atoms with van der Waals surface area (Å²) in [5.74, 6) is -4.13. The molecule has 2 aromatic carbocycles. The minimum atomic E-state index is -1.62. The summed E-state index contributed by atoms with van der Waals surface area (Å²) in [5, 5.41) is 0. The number of benzene rings is 2. The number of hydrogen-bond acceptors (Lipinski definition) is 11. The second-order valence-electron chi connectivity index (χ2n) is 13.9. The largest absolute Gasteiger partial charge is 0.513 e. The van der Waals surface area contributed by atoms with Crippen LogP contribution in [0.15, 0.2) is 48.5 Å². The molecule has 2 aliphatic rings. The van der Waals surface area contributed by atoms with Gasteiger partial charge in [0.15, 0.2) is 0 Å². The van der Waals surface area contributed by atoms with Gasteiger partial charge in [-0.05, 0) is 49.9 Å². The Balaban J connectivity index is 1.58. The molecule has 0 amide bonds. The predicted molar refractivity (Wildman–Crippen MR) is 194 cm³/mol. The van der Waals surface area contributed by atoms with Gasteiger partial charge in [-0.25, -0.2) is 14.4 Å². The van der Waals surface area contributed by atoms with Crippen LogP contribution in [-0.2, 0) is 29.0 Å². The maximum Gasteiger partial charge on any atom is 0.513 e. The molecular weight excluding hydrogens is 668 g/mol. The lowest BCUT2D eigenvalue weighted by atomic mass is 9.97. The third kappa shape index (κ3) is 13.3. The van der Waals surface area contributed by atoms with Crippen molar-refractivity contribution in [2.75, 3.05) is 14.2 Å². The number of ether oxygens (including phenoxy) is 4. The van der Waals surface area contributed by atoms with E-state index in [1.165, 1.54) is 27.1 Å². The molecule has 0 radical (unpaired) electrons. The van der Waals surface area contributed by atoms with Crippen molar-refractivity contribution in [3.63, 3.8) is 0 Å². The fourth-order valence-corrected chi connectivity index (χ4v) is 6.98. The first kappa shape index (κ1) is 40.9. The summed E-state index contributed by atoms with van der Waals surface area (Å²) in [6.45, 7) is 0. The standard InChI is InChI=1S/C41H58O11/c1-45-35-27-19-17-25-33(35)37(42)49-51-40(29-21-13-9-5-3-6-10-14-22-30-40)47-39(44)48-41(31-23-15-11-7-4-8-12-16-24-32-41)52-50-38(43)34-26-18-20-28-36(34)46-2/h17-20,25-28H,3-16,21-24,29-32H2,1-2H3. The van der Waals surface area contributed by atoms with Crippen molar-refractivity contribution in [3.05, 3.63) is 59.7 Å². The van der Waals surface area contributed by atoms with Crippen molar-refractivity contribution in [1.29, 1.82) is 0 Å². The Kier molecular flexibility index (Phi) is 17.5. The summed E-state index contributed by atoms with van der Waals surface area (Å²) >= 11 is 0. The molecular formula is C41H58O11. The van der Waals surface area contributed by atoms with Gasteiger partial charge in [-0.15, -0.1) is 9.78 Å². The van der Waals surface area contributed by atoms with Gasteiger partial charge in [0.05, 0.1) is 14.2 Å². The minimum absolute atomic E-state index is 0.174. The Bertz CT molecular complexity index is 1250. The van der Waals surface area contributed by atoms with E-state index >= 15 is 0 Å². The van der Waals surface area contributed by atoms with E-state index in [9.17, 15) is 14.4 Å². The first-order valence-corrected chi connectivity index (χ1v) is 19.4. The fourth-order valence-electron chi connectivity index (χ4n) is 6.98. The van der Waals surface area contributed by atoms with Gasteiger partial charge in [0.1, 0.15) is 22.6 Å². The Morgan fingerprint density at radius 3 is 1.04 bits per heavy atom. The molecule has 0 spiro atoms. The van der Waals surface area contributed by atoms with E-state index in [1.54, 1.807) is 48.5 Å². The summed E-state index contributed by atoms with van der Waals surface area (Å²) in [5.41, 5.74) is 0.349. The lowest BCUT2D eigenvalue weighted by molar-refractivity contribution is -0.409. The smallest absolute Gasteiger partial charge is 0.496 e. The molecule has 0 atom stereocenters. The highest BCUT2D eigenvalue weighted by molar-refractivity contribution is 5.92. The number of para-hydroxylation sites is 2. The molecule has 0 aliphatic heterocycles. The number of carbonyl (C=O) groups is 3. The van der Waals surface area contributed by atoms with Gasteiger partial charge in [-0.1, -0.05) is 114 Å². The van der Waals surface area contributed by atoms with Crippen molar-refractivity contribution in [2.45, 2.75) is 153 Å². The molecule has 2 fully saturated rings. The maximum atomic E-state index is 14.0. The minimum Gasteiger partial charge on any atom is -0.496 e. The van der Waals surface area contributed by atoms with Gasteiger partial charge in [0.2, 0.25) is 0 Å². The van der Waals surface area contributed by atoms with Crippen LogP contribution in [0.4, 0.5) is 4.79 Å². The molecule has 0 N–H and O–H groups in total. The molecule has 11 nitrogen and oxygen atoms in total. The summed E-state index contributed by atoms with van der Waals surface area (Å²) in [4.78, 5) is 63.2. The van der Waals surface area contributed by atoms with Gasteiger partial charge in [-0.2, -0.15) is 0 Å². The summed E-state index contributed by atoms with van der Waals surface area (Å²) in [7, 11) is 2.93. The van der Waals surface area contributed by atoms with Crippen molar-refractivity contribution < 1.29 is 52.9 Å². The topological polar surface area (TPSA) is 125 Å². The van der Waals surface area contributed by atoms with E-state index in [2.05, 4.69) is 0 Å². The predicted octanol–water partition coefficient (Wildman–Crippen LogP) is 10.7. The van der Waals surface area contributed by atoms with E-state index < -0.39 is 29.7 Å². The molecule has 2 aliphatic carbocycles. The number of methoxy groups -OCH3 is 2. The van der Waals surface area contributed by atoms with Crippen LogP contribution >= 0.6 is 0 Å². The Labute approximate surface area is 308 Å². The van der Waals surface area contributed by atoms with Crippen LogP contribution in [-0.4, -0.2) is 43.9 Å². The van der Waals surface area contributed by atoms with Crippen LogP contribution in [0.2, 0.25) is 0 Å². The van der Waals surface area contributed by atoms with Crippen molar-refractivity contribution in [1.82, 2.24) is 0 Å². The maximum absolute atomic E-state index is 14.0. The highest BCUT2D eigenvalue weighted by atomic mass is 17.3. The van der Waals surface area contributed by atoms with Gasteiger partial charge in [0, 0.05) is 25.7 Å². The van der Waals surface area contributed by atoms with Crippen molar-refractivity contribution >= 4 is 18.1 Å². The normalized spacial score (nSPS) is 19.1. The molecule has 0 aromatic heterocycles. The van der Waals surface area contributed by atoms with Crippen LogP contribution in [0, 0.1) is 0 Å².